The summed E-state index contributed by atoms with van der Waals surface area (Å²) in [5, 5.41) is 9.26. The van der Waals surface area contributed by atoms with Crippen molar-refractivity contribution in [1.29, 1.82) is 0 Å². The molecule has 1 saturated heterocycles. The van der Waals surface area contributed by atoms with Crippen LogP contribution in [0, 0.1) is 5.92 Å². The molecule has 1 heterocycles. The third kappa shape index (κ3) is 3.94. The first-order valence-electron chi connectivity index (χ1n) is 9.90. The first-order chi connectivity index (χ1) is 13.7. The van der Waals surface area contributed by atoms with Crippen LogP contribution in [0.3, 0.4) is 0 Å². The molecule has 0 spiro atoms. The summed E-state index contributed by atoms with van der Waals surface area (Å²) in [6.07, 6.45) is 0.987. The first-order valence-corrected chi connectivity index (χ1v) is 9.90. The summed E-state index contributed by atoms with van der Waals surface area (Å²) < 4.78 is 0. The zero-order valence-electron chi connectivity index (χ0n) is 15.9. The highest BCUT2D eigenvalue weighted by atomic mass is 16.4. The van der Waals surface area contributed by atoms with Gasteiger partial charge in [-0.05, 0) is 41.0 Å². The molecule has 4 rings (SSSR count). The maximum Gasteiger partial charge on any atom is 0.407 e. The first kappa shape index (κ1) is 18.3. The maximum absolute atomic E-state index is 11.3. The monoisotopic (exact) mass is 371 g/mol. The van der Waals surface area contributed by atoms with Gasteiger partial charge in [0.1, 0.15) is 0 Å². The summed E-state index contributed by atoms with van der Waals surface area (Å²) in [4.78, 5) is 12.8. The highest BCUT2D eigenvalue weighted by Crippen LogP contribution is 2.38. The van der Waals surface area contributed by atoms with Crippen LogP contribution in [0.15, 0.2) is 84.9 Å². The summed E-state index contributed by atoms with van der Waals surface area (Å²) in [5.41, 5.74) is 5.06. The van der Waals surface area contributed by atoms with E-state index in [1.165, 1.54) is 27.2 Å². The third-order valence-electron chi connectivity index (χ3n) is 5.82. The van der Waals surface area contributed by atoms with Gasteiger partial charge in [-0.25, -0.2) is 4.79 Å². The number of carboxylic acid groups (broad SMARTS) is 1. The Morgan fingerprint density at radius 1 is 0.750 bits per heavy atom. The molecule has 3 heteroatoms. The second-order valence-corrected chi connectivity index (χ2v) is 7.48. The Morgan fingerprint density at radius 3 is 1.82 bits per heavy atom. The summed E-state index contributed by atoms with van der Waals surface area (Å²) in [7, 11) is 0. The Hall–Kier alpha value is -3.07. The number of benzene rings is 3. The summed E-state index contributed by atoms with van der Waals surface area (Å²) in [5.74, 6) is 0.738. The predicted molar refractivity (Wildman–Crippen MR) is 112 cm³/mol. The van der Waals surface area contributed by atoms with Gasteiger partial charge in [0.25, 0.3) is 0 Å². The third-order valence-corrected chi connectivity index (χ3v) is 5.82. The minimum Gasteiger partial charge on any atom is -0.465 e. The fourth-order valence-electron chi connectivity index (χ4n) is 4.33. The van der Waals surface area contributed by atoms with Gasteiger partial charge in [0.15, 0.2) is 0 Å². The van der Waals surface area contributed by atoms with Crippen molar-refractivity contribution in [1.82, 2.24) is 4.90 Å². The maximum atomic E-state index is 11.3. The average molecular weight is 371 g/mol. The van der Waals surface area contributed by atoms with E-state index in [4.69, 9.17) is 0 Å². The van der Waals surface area contributed by atoms with Crippen LogP contribution in [0.25, 0.3) is 11.1 Å². The molecule has 0 aromatic heterocycles. The van der Waals surface area contributed by atoms with Gasteiger partial charge in [0, 0.05) is 19.0 Å². The molecule has 0 bridgehead atoms. The van der Waals surface area contributed by atoms with E-state index in [1.807, 2.05) is 12.1 Å². The molecule has 3 nitrogen and oxygen atoms in total. The van der Waals surface area contributed by atoms with E-state index < -0.39 is 6.09 Å². The van der Waals surface area contributed by atoms with Crippen molar-refractivity contribution in [3.05, 3.63) is 96.1 Å². The zero-order chi connectivity index (χ0) is 19.3. The van der Waals surface area contributed by atoms with Crippen molar-refractivity contribution in [2.45, 2.75) is 18.8 Å². The molecule has 1 N–H and O–H groups in total. The van der Waals surface area contributed by atoms with E-state index in [0.29, 0.717) is 24.9 Å². The lowest BCUT2D eigenvalue weighted by Gasteiger charge is -2.35. The van der Waals surface area contributed by atoms with E-state index in [1.54, 1.807) is 0 Å². The molecular weight excluding hydrogens is 346 g/mol. The minimum atomic E-state index is -0.804. The van der Waals surface area contributed by atoms with Gasteiger partial charge in [0.05, 0.1) is 0 Å². The van der Waals surface area contributed by atoms with E-state index in [2.05, 4.69) is 72.8 Å². The predicted octanol–water partition coefficient (Wildman–Crippen LogP) is 5.88. The lowest BCUT2D eigenvalue weighted by Crippen LogP contribution is -2.39. The molecule has 1 fully saturated rings. The molecule has 1 amide bonds. The quantitative estimate of drug-likeness (QED) is 0.622. The fraction of sp³-hybridized carbons (Fsp3) is 0.240. The molecule has 1 atom stereocenters. The molecule has 1 aliphatic heterocycles. The highest BCUT2D eigenvalue weighted by molar-refractivity contribution is 5.65. The summed E-state index contributed by atoms with van der Waals surface area (Å²) >= 11 is 0. The number of amides is 1. The SMILES string of the molecule is O=C(O)N1CCC(C(c2ccccc2)c2ccc(-c3ccccc3)cc2)CC1. The summed E-state index contributed by atoms with van der Waals surface area (Å²) in [6, 6.07) is 29.9. The number of hydrogen-bond acceptors (Lipinski definition) is 1. The van der Waals surface area contributed by atoms with Gasteiger partial charge < -0.3 is 10.0 Å². The summed E-state index contributed by atoms with van der Waals surface area (Å²) in [6.45, 7) is 1.23. The van der Waals surface area contributed by atoms with Crippen LogP contribution >= 0.6 is 0 Å². The number of carbonyl (C=O) groups is 1. The largest absolute Gasteiger partial charge is 0.465 e. The van der Waals surface area contributed by atoms with Crippen molar-refractivity contribution in [2.24, 2.45) is 5.92 Å². The number of likely N-dealkylation sites (tertiary alicyclic amines) is 1. The van der Waals surface area contributed by atoms with E-state index in [9.17, 15) is 9.90 Å². The van der Waals surface area contributed by atoms with Gasteiger partial charge in [-0.1, -0.05) is 84.9 Å². The normalized spacial score (nSPS) is 15.9. The van der Waals surface area contributed by atoms with Crippen LogP contribution in [0.1, 0.15) is 29.9 Å². The van der Waals surface area contributed by atoms with Crippen LogP contribution in [0.4, 0.5) is 4.79 Å². The molecule has 0 radical (unpaired) electrons. The van der Waals surface area contributed by atoms with Gasteiger partial charge in [-0.2, -0.15) is 0 Å². The second-order valence-electron chi connectivity index (χ2n) is 7.48. The Kier molecular flexibility index (Phi) is 5.43. The van der Waals surface area contributed by atoms with Crippen molar-refractivity contribution in [3.63, 3.8) is 0 Å². The van der Waals surface area contributed by atoms with Crippen LogP contribution in [-0.2, 0) is 0 Å². The fourth-order valence-corrected chi connectivity index (χ4v) is 4.33. The lowest BCUT2D eigenvalue weighted by molar-refractivity contribution is 0.122. The van der Waals surface area contributed by atoms with Crippen molar-refractivity contribution < 1.29 is 9.90 Å². The van der Waals surface area contributed by atoms with Crippen molar-refractivity contribution >= 4 is 6.09 Å². The molecule has 1 aliphatic rings. The zero-order valence-corrected chi connectivity index (χ0v) is 15.9. The molecule has 142 valence electrons. The van der Waals surface area contributed by atoms with Gasteiger partial charge in [-0.3, -0.25) is 0 Å². The van der Waals surface area contributed by atoms with Gasteiger partial charge in [-0.15, -0.1) is 0 Å². The molecular formula is C25H25NO2. The van der Waals surface area contributed by atoms with E-state index in [-0.39, 0.29) is 0 Å². The van der Waals surface area contributed by atoms with Crippen LogP contribution in [0.2, 0.25) is 0 Å². The second kappa shape index (κ2) is 8.30. The molecule has 3 aromatic rings. The number of hydrogen-bond donors (Lipinski definition) is 1. The van der Waals surface area contributed by atoms with Gasteiger partial charge in [0.2, 0.25) is 0 Å². The molecule has 28 heavy (non-hydrogen) atoms. The Labute approximate surface area is 166 Å². The Bertz CT molecular complexity index is 898. The van der Waals surface area contributed by atoms with Crippen LogP contribution in [0.5, 0.6) is 0 Å². The van der Waals surface area contributed by atoms with Crippen molar-refractivity contribution in [3.8, 4) is 11.1 Å². The van der Waals surface area contributed by atoms with Crippen molar-refractivity contribution in [2.75, 3.05) is 13.1 Å². The number of rotatable bonds is 4. The highest BCUT2D eigenvalue weighted by Gasteiger charge is 2.30. The Morgan fingerprint density at radius 2 is 1.25 bits per heavy atom. The minimum absolute atomic E-state index is 0.293. The molecule has 1 unspecified atom stereocenters. The van der Waals surface area contributed by atoms with Gasteiger partial charge >= 0.3 is 6.09 Å². The smallest absolute Gasteiger partial charge is 0.407 e. The topological polar surface area (TPSA) is 40.5 Å². The van der Waals surface area contributed by atoms with E-state index in [0.717, 1.165) is 12.8 Å². The average Bonchev–Trinajstić information content (AvgIpc) is 2.76. The molecule has 0 aliphatic carbocycles. The van der Waals surface area contributed by atoms with E-state index >= 15 is 0 Å². The standard InChI is InChI=1S/C25H25NO2/c27-25(28)26-17-15-23(16-18-26)24(21-9-5-2-6-10-21)22-13-11-20(12-14-22)19-7-3-1-4-8-19/h1-14,23-24H,15-18H2,(H,27,28). The van der Waals surface area contributed by atoms with Crippen LogP contribution in [-0.4, -0.2) is 29.2 Å². The molecule has 0 saturated carbocycles. The lowest BCUT2D eigenvalue weighted by atomic mass is 9.76. The Balaban J connectivity index is 1.62. The number of nitrogens with zero attached hydrogens (tertiary/aromatic N) is 1. The number of piperidine rings is 1. The van der Waals surface area contributed by atoms with Crippen LogP contribution < -0.4 is 0 Å². The molecule has 3 aromatic carbocycles.